The summed E-state index contributed by atoms with van der Waals surface area (Å²) in [5, 5.41) is 4.60. The first kappa shape index (κ1) is 17.2. The Bertz CT molecular complexity index is 791. The number of likely N-dealkylation sites (tertiary alicyclic amines) is 1. The van der Waals surface area contributed by atoms with E-state index in [1.165, 1.54) is 38.5 Å². The third-order valence-electron chi connectivity index (χ3n) is 5.76. The second-order valence-electron chi connectivity index (χ2n) is 7.29. The van der Waals surface area contributed by atoms with E-state index in [9.17, 15) is 9.18 Å². The first-order valence-electron chi connectivity index (χ1n) is 9.30. The molecule has 1 saturated heterocycles. The zero-order valence-electron chi connectivity index (χ0n) is 15.0. The van der Waals surface area contributed by atoms with E-state index in [4.69, 9.17) is 4.74 Å². The Labute approximate surface area is 152 Å². The predicted molar refractivity (Wildman–Crippen MR) is 95.2 cm³/mol. The molecule has 0 spiro atoms. The van der Waals surface area contributed by atoms with Gasteiger partial charge in [-0.15, -0.1) is 0 Å². The zero-order chi connectivity index (χ0) is 18.1. The van der Waals surface area contributed by atoms with E-state index in [2.05, 4.69) is 10.00 Å². The zero-order valence-corrected chi connectivity index (χ0v) is 15.0. The van der Waals surface area contributed by atoms with Crippen LogP contribution in [0.1, 0.15) is 37.8 Å². The summed E-state index contributed by atoms with van der Waals surface area (Å²) in [6.07, 6.45) is 7.49. The Morgan fingerprint density at radius 1 is 1.31 bits per heavy atom. The highest BCUT2D eigenvalue weighted by molar-refractivity contribution is 5.76. The van der Waals surface area contributed by atoms with Gasteiger partial charge in [0.25, 0.3) is 0 Å². The molecule has 4 rings (SSSR count). The Hall–Kier alpha value is -2.21. The molecule has 26 heavy (non-hydrogen) atoms. The molecule has 0 bridgehead atoms. The standard InChI is InChI=1S/C20H24FN3O2/c1-26-20(25)19-11-14-5-2-3-8-18(14)23(19)13-16-9-10-24(22-16)17-7-4-6-15(21)12-17/h4,6-7,9-10,12,14,18-19H,2-3,5,8,11,13H2,1H3/t14-,18-,19-/m0/s1. The lowest BCUT2D eigenvalue weighted by atomic mass is 9.85. The number of esters is 1. The van der Waals surface area contributed by atoms with Gasteiger partial charge in [-0.25, -0.2) is 9.07 Å². The van der Waals surface area contributed by atoms with Crippen molar-refractivity contribution in [2.45, 2.75) is 50.7 Å². The monoisotopic (exact) mass is 357 g/mol. The molecule has 2 aromatic rings. The highest BCUT2D eigenvalue weighted by Crippen LogP contribution is 2.40. The summed E-state index contributed by atoms with van der Waals surface area (Å²) < 4.78 is 20.2. The quantitative estimate of drug-likeness (QED) is 0.788. The maximum Gasteiger partial charge on any atom is 0.323 e. The predicted octanol–water partition coefficient (Wildman–Crippen LogP) is 3.32. The molecular formula is C20H24FN3O2. The molecule has 5 nitrogen and oxygen atoms in total. The molecule has 0 N–H and O–H groups in total. The Balaban J connectivity index is 1.55. The number of carbonyl (C=O) groups excluding carboxylic acids is 1. The van der Waals surface area contributed by atoms with E-state index >= 15 is 0 Å². The van der Waals surface area contributed by atoms with Crippen LogP contribution in [0.25, 0.3) is 5.69 Å². The lowest BCUT2D eigenvalue weighted by molar-refractivity contribution is -0.146. The van der Waals surface area contributed by atoms with Gasteiger partial charge in [0, 0.05) is 18.8 Å². The normalized spacial score (nSPS) is 25.8. The average Bonchev–Trinajstić information content (AvgIpc) is 3.27. The summed E-state index contributed by atoms with van der Waals surface area (Å²) in [5.74, 6) is 0.136. The van der Waals surface area contributed by atoms with Crippen molar-refractivity contribution < 1.29 is 13.9 Å². The lowest BCUT2D eigenvalue weighted by Crippen LogP contribution is -2.42. The summed E-state index contributed by atoms with van der Waals surface area (Å²) in [4.78, 5) is 14.6. The number of fused-ring (bicyclic) bond motifs is 1. The fourth-order valence-electron chi connectivity index (χ4n) is 4.54. The maximum atomic E-state index is 13.5. The van der Waals surface area contributed by atoms with Crippen LogP contribution in [0.2, 0.25) is 0 Å². The van der Waals surface area contributed by atoms with E-state index in [0.717, 1.165) is 18.5 Å². The van der Waals surface area contributed by atoms with E-state index in [1.807, 2.05) is 18.3 Å². The van der Waals surface area contributed by atoms with Gasteiger partial charge in [-0.2, -0.15) is 5.10 Å². The Kier molecular flexibility index (Phi) is 4.76. The minimum absolute atomic E-state index is 0.149. The minimum atomic E-state index is -0.283. The third-order valence-corrected chi connectivity index (χ3v) is 5.76. The van der Waals surface area contributed by atoms with Gasteiger partial charge in [-0.3, -0.25) is 9.69 Å². The van der Waals surface area contributed by atoms with Crippen molar-refractivity contribution in [3.8, 4) is 5.69 Å². The number of nitrogens with zero attached hydrogens (tertiary/aromatic N) is 3. The smallest absolute Gasteiger partial charge is 0.323 e. The van der Waals surface area contributed by atoms with Crippen molar-refractivity contribution in [1.29, 1.82) is 0 Å². The van der Waals surface area contributed by atoms with Crippen LogP contribution in [0, 0.1) is 11.7 Å². The number of hydrogen-bond donors (Lipinski definition) is 0. The number of benzene rings is 1. The Morgan fingerprint density at radius 3 is 2.96 bits per heavy atom. The van der Waals surface area contributed by atoms with E-state index in [-0.39, 0.29) is 17.8 Å². The van der Waals surface area contributed by atoms with Gasteiger partial charge >= 0.3 is 5.97 Å². The summed E-state index contributed by atoms with van der Waals surface area (Å²) in [5.41, 5.74) is 1.58. The first-order valence-corrected chi connectivity index (χ1v) is 9.30. The van der Waals surface area contributed by atoms with Crippen molar-refractivity contribution in [3.05, 3.63) is 48.0 Å². The molecular weight excluding hydrogens is 333 g/mol. The van der Waals surface area contributed by atoms with Crippen molar-refractivity contribution in [1.82, 2.24) is 14.7 Å². The third kappa shape index (κ3) is 3.26. The molecule has 1 aromatic carbocycles. The van der Waals surface area contributed by atoms with Crippen LogP contribution >= 0.6 is 0 Å². The van der Waals surface area contributed by atoms with Crippen LogP contribution < -0.4 is 0 Å². The minimum Gasteiger partial charge on any atom is -0.468 e. The highest BCUT2D eigenvalue weighted by Gasteiger charge is 2.45. The highest BCUT2D eigenvalue weighted by atomic mass is 19.1. The number of methoxy groups -OCH3 is 1. The molecule has 2 fully saturated rings. The van der Waals surface area contributed by atoms with E-state index in [1.54, 1.807) is 10.7 Å². The molecule has 6 heteroatoms. The fourth-order valence-corrected chi connectivity index (χ4v) is 4.54. The van der Waals surface area contributed by atoms with Crippen molar-refractivity contribution in [2.24, 2.45) is 5.92 Å². The first-order chi connectivity index (χ1) is 12.7. The van der Waals surface area contributed by atoms with E-state index in [0.29, 0.717) is 24.2 Å². The SMILES string of the molecule is COC(=O)[C@@H]1C[C@@H]2CCCC[C@@H]2N1Cc1ccn(-c2cccc(F)c2)n1. The molecule has 138 valence electrons. The maximum absolute atomic E-state index is 13.5. The molecule has 1 aliphatic heterocycles. The van der Waals surface area contributed by atoms with Gasteiger partial charge in [0.1, 0.15) is 11.9 Å². The number of halogens is 1. The summed E-state index contributed by atoms with van der Waals surface area (Å²) in [6, 6.07) is 8.55. The van der Waals surface area contributed by atoms with Crippen LogP contribution in [0.4, 0.5) is 4.39 Å². The summed E-state index contributed by atoms with van der Waals surface area (Å²) in [6.45, 7) is 0.614. The van der Waals surface area contributed by atoms with Gasteiger partial charge in [-0.1, -0.05) is 18.9 Å². The fraction of sp³-hybridized carbons (Fsp3) is 0.500. The van der Waals surface area contributed by atoms with Gasteiger partial charge in [-0.05, 0) is 49.4 Å². The summed E-state index contributed by atoms with van der Waals surface area (Å²) >= 11 is 0. The number of aromatic nitrogens is 2. The van der Waals surface area contributed by atoms with Crippen LogP contribution in [-0.2, 0) is 16.1 Å². The number of carbonyl (C=O) groups is 1. The molecule has 3 atom stereocenters. The molecule has 0 unspecified atom stereocenters. The molecule has 0 amide bonds. The molecule has 0 radical (unpaired) electrons. The molecule has 1 aromatic heterocycles. The summed E-state index contributed by atoms with van der Waals surface area (Å²) in [7, 11) is 1.46. The lowest BCUT2D eigenvalue weighted by Gasteiger charge is -2.32. The molecule has 2 heterocycles. The van der Waals surface area contributed by atoms with Crippen molar-refractivity contribution >= 4 is 5.97 Å². The largest absolute Gasteiger partial charge is 0.468 e. The van der Waals surface area contributed by atoms with Gasteiger partial charge in [0.2, 0.25) is 0 Å². The van der Waals surface area contributed by atoms with Gasteiger partial charge in [0.05, 0.1) is 18.5 Å². The van der Waals surface area contributed by atoms with E-state index < -0.39 is 0 Å². The topological polar surface area (TPSA) is 47.4 Å². The number of ether oxygens (including phenoxy) is 1. The molecule has 2 aliphatic rings. The number of hydrogen-bond acceptors (Lipinski definition) is 4. The van der Waals surface area contributed by atoms with Crippen LogP contribution in [0.3, 0.4) is 0 Å². The van der Waals surface area contributed by atoms with Crippen LogP contribution in [0.15, 0.2) is 36.5 Å². The van der Waals surface area contributed by atoms with Crippen LogP contribution in [-0.4, -0.2) is 39.8 Å². The Morgan fingerprint density at radius 2 is 2.15 bits per heavy atom. The van der Waals surface area contributed by atoms with Gasteiger partial charge < -0.3 is 4.74 Å². The molecule has 1 saturated carbocycles. The van der Waals surface area contributed by atoms with Gasteiger partial charge in [0.15, 0.2) is 0 Å². The second-order valence-corrected chi connectivity index (χ2v) is 7.29. The molecule has 1 aliphatic carbocycles. The van der Waals surface area contributed by atoms with Crippen molar-refractivity contribution in [3.63, 3.8) is 0 Å². The van der Waals surface area contributed by atoms with Crippen LogP contribution in [0.5, 0.6) is 0 Å². The second kappa shape index (κ2) is 7.19. The average molecular weight is 357 g/mol. The number of rotatable bonds is 4. The van der Waals surface area contributed by atoms with Crippen molar-refractivity contribution in [2.75, 3.05) is 7.11 Å².